The molecule has 5 N–H and O–H groups in total. The molecule has 4 aromatic heterocycles. The maximum absolute atomic E-state index is 13.0. The monoisotopic (exact) mass is 996 g/mol. The van der Waals surface area contributed by atoms with Crippen molar-refractivity contribution < 1.29 is 61.6 Å². The van der Waals surface area contributed by atoms with E-state index in [0.717, 1.165) is 34.1 Å². The van der Waals surface area contributed by atoms with Crippen molar-refractivity contribution in [1.29, 1.82) is 0 Å². The fraction of sp³-hybridized carbons (Fsp3) is 0.612. The summed E-state index contributed by atoms with van der Waals surface area (Å²) in [5.74, 6) is 0.444. The lowest BCUT2D eigenvalue weighted by molar-refractivity contribution is -0.133. The highest BCUT2D eigenvalue weighted by atomic mass is 16.6. The van der Waals surface area contributed by atoms with Gasteiger partial charge in [0.1, 0.15) is 23.5 Å². The molecule has 0 radical (unpaired) electrons. The van der Waals surface area contributed by atoms with Gasteiger partial charge in [-0.3, -0.25) is 4.79 Å². The molecule has 5 aromatic rings. The third-order valence-electron chi connectivity index (χ3n) is 11.0. The summed E-state index contributed by atoms with van der Waals surface area (Å²) in [4.78, 5) is 31.4. The molecule has 0 spiro atoms. The molecular formula is C49H73N9O13. The van der Waals surface area contributed by atoms with Crippen molar-refractivity contribution in [3.8, 4) is 11.3 Å². The Bertz CT molecular complexity index is 2230. The molecule has 0 unspecified atom stereocenters. The highest BCUT2D eigenvalue weighted by Gasteiger charge is 2.22. The summed E-state index contributed by atoms with van der Waals surface area (Å²) in [6.45, 7) is 13.8. The van der Waals surface area contributed by atoms with Crippen LogP contribution in [0.1, 0.15) is 23.1 Å². The Morgan fingerprint density at radius 3 is 1.62 bits per heavy atom. The largest absolute Gasteiger partial charge is 0.383 e. The number of pyridine rings is 1. The number of nitrogens with zero attached hydrogens (tertiary/aromatic N) is 6. The normalized spacial score (nSPS) is 12.7. The molecule has 1 aliphatic rings. The first-order chi connectivity index (χ1) is 35.1. The van der Waals surface area contributed by atoms with E-state index >= 15 is 0 Å². The number of amides is 1. The number of nitrogens with one attached hydrogen (secondary N) is 1. The number of rotatable bonds is 41. The average Bonchev–Trinajstić information content (AvgIpc) is 4.02. The van der Waals surface area contributed by atoms with Crippen LogP contribution in [-0.4, -0.2) is 212 Å². The molecule has 0 saturated heterocycles. The van der Waals surface area contributed by atoms with Crippen molar-refractivity contribution in [1.82, 2.24) is 34.6 Å². The summed E-state index contributed by atoms with van der Waals surface area (Å²) in [5.41, 5.74) is 18.1. The molecule has 392 valence electrons. The molecule has 0 fully saturated rings. The van der Waals surface area contributed by atoms with Gasteiger partial charge >= 0.3 is 0 Å². The number of fused-ring (bicyclic) bond motifs is 3. The summed E-state index contributed by atoms with van der Waals surface area (Å²) < 4.78 is 67.8. The lowest BCUT2D eigenvalue weighted by Gasteiger charge is -2.29. The van der Waals surface area contributed by atoms with Crippen LogP contribution in [0.3, 0.4) is 0 Å². The number of aromatic nitrogens is 6. The van der Waals surface area contributed by atoms with Gasteiger partial charge in [0, 0.05) is 43.0 Å². The van der Waals surface area contributed by atoms with E-state index in [-0.39, 0.29) is 5.91 Å². The molecule has 22 nitrogen and oxygen atoms in total. The number of hydrogen-bond acceptors (Lipinski definition) is 19. The van der Waals surface area contributed by atoms with E-state index in [1.165, 1.54) is 11.9 Å². The minimum atomic E-state index is 0.0746. The Balaban J connectivity index is 0.675. The summed E-state index contributed by atoms with van der Waals surface area (Å²) >= 11 is 0. The first-order valence-corrected chi connectivity index (χ1v) is 24.5. The third kappa shape index (κ3) is 20.3. The molecule has 6 rings (SSSR count). The number of aromatic amines is 1. The second-order valence-corrected chi connectivity index (χ2v) is 16.2. The van der Waals surface area contributed by atoms with Crippen LogP contribution >= 0.6 is 0 Å². The van der Waals surface area contributed by atoms with Crippen LogP contribution in [0, 0.1) is 0 Å². The zero-order valence-corrected chi connectivity index (χ0v) is 41.0. The molecule has 0 aliphatic carbocycles. The summed E-state index contributed by atoms with van der Waals surface area (Å²) in [6, 6.07) is 10.4. The number of carbonyl (C=O) groups excluding carboxylic acids is 1. The van der Waals surface area contributed by atoms with E-state index in [4.69, 9.17) is 73.4 Å². The molecule has 0 bridgehead atoms. The molecule has 5 heterocycles. The zero-order valence-electron chi connectivity index (χ0n) is 41.0. The predicted molar refractivity (Wildman–Crippen MR) is 263 cm³/mol. The number of nitrogens with two attached hydrogens (primary N) is 2. The number of hydrogen-bond donors (Lipinski definition) is 3. The fourth-order valence-corrected chi connectivity index (χ4v) is 7.42. The maximum atomic E-state index is 13.0. The maximum Gasteiger partial charge on any atom is 0.225 e. The first kappa shape index (κ1) is 55.5. The van der Waals surface area contributed by atoms with Gasteiger partial charge in [-0.15, -0.1) is 0 Å². The van der Waals surface area contributed by atoms with Gasteiger partial charge in [0.25, 0.3) is 0 Å². The van der Waals surface area contributed by atoms with Crippen LogP contribution in [0.25, 0.3) is 33.3 Å². The molecule has 1 amide bonds. The standard InChI is InChI=1S/C49H73N9O13/c50-6-10-61-12-14-63-16-18-65-20-22-67-24-26-69-28-30-71-32-31-70-29-27-68-25-23-66-21-19-64-17-15-62-13-11-60-9-5-44(59)57-8-4-40-33-39(1-2-42(40)37-57)36-58-49-45(47(51)54-38-55-49)46(56-58)43-34-41-3-7-52-48(41)53-35-43/h1-3,7,33-35,38H,4-6,8-32,36-37,50H2,(H,52,53)(H2,51,54,55). The zero-order chi connectivity index (χ0) is 49.4. The second-order valence-electron chi connectivity index (χ2n) is 16.2. The summed E-state index contributed by atoms with van der Waals surface area (Å²) in [7, 11) is 0. The topological polar surface area (TPSA) is 255 Å². The Morgan fingerprint density at radius 1 is 0.592 bits per heavy atom. The van der Waals surface area contributed by atoms with E-state index in [1.54, 1.807) is 6.20 Å². The van der Waals surface area contributed by atoms with Crippen LogP contribution in [0.2, 0.25) is 0 Å². The highest BCUT2D eigenvalue weighted by molar-refractivity contribution is 5.99. The van der Waals surface area contributed by atoms with Gasteiger partial charge in [-0.25, -0.2) is 19.6 Å². The second kappa shape index (κ2) is 33.8. The molecule has 0 saturated carbocycles. The third-order valence-corrected chi connectivity index (χ3v) is 11.0. The molecule has 1 aromatic carbocycles. The van der Waals surface area contributed by atoms with E-state index in [0.29, 0.717) is 214 Å². The van der Waals surface area contributed by atoms with Gasteiger partial charge in [-0.2, -0.15) is 5.10 Å². The van der Waals surface area contributed by atoms with Crippen molar-refractivity contribution in [3.63, 3.8) is 0 Å². The summed E-state index contributed by atoms with van der Waals surface area (Å²) in [6.07, 6.45) is 6.19. The number of carbonyl (C=O) groups is 1. The minimum absolute atomic E-state index is 0.0746. The highest BCUT2D eigenvalue weighted by Crippen LogP contribution is 2.32. The van der Waals surface area contributed by atoms with E-state index in [1.807, 2.05) is 27.9 Å². The van der Waals surface area contributed by atoms with E-state index in [2.05, 4.69) is 38.1 Å². The van der Waals surface area contributed by atoms with Gasteiger partial charge in [0.2, 0.25) is 5.91 Å². The van der Waals surface area contributed by atoms with Crippen LogP contribution in [0.4, 0.5) is 5.82 Å². The number of H-pyrrole nitrogens is 1. The summed E-state index contributed by atoms with van der Waals surface area (Å²) in [5, 5.41) is 6.62. The molecule has 71 heavy (non-hydrogen) atoms. The van der Waals surface area contributed by atoms with Crippen LogP contribution < -0.4 is 11.5 Å². The van der Waals surface area contributed by atoms with Crippen LogP contribution in [0.15, 0.2) is 49.1 Å². The van der Waals surface area contributed by atoms with E-state index < -0.39 is 0 Å². The number of benzene rings is 1. The Kier molecular flexibility index (Phi) is 26.4. The smallest absolute Gasteiger partial charge is 0.225 e. The minimum Gasteiger partial charge on any atom is -0.383 e. The van der Waals surface area contributed by atoms with Gasteiger partial charge < -0.3 is 78.2 Å². The number of nitrogen functional groups attached to an aromatic ring is 1. The lowest BCUT2D eigenvalue weighted by Crippen LogP contribution is -2.36. The Labute approximate surface area is 415 Å². The first-order valence-electron chi connectivity index (χ1n) is 24.5. The van der Waals surface area contributed by atoms with Crippen LogP contribution in [-0.2, 0) is 81.1 Å². The van der Waals surface area contributed by atoms with E-state index in [9.17, 15) is 4.79 Å². The van der Waals surface area contributed by atoms with Gasteiger partial charge in [-0.05, 0) is 35.2 Å². The fourth-order valence-electron chi connectivity index (χ4n) is 7.42. The van der Waals surface area contributed by atoms with Crippen molar-refractivity contribution in [2.75, 3.05) is 177 Å². The Morgan fingerprint density at radius 2 is 1.10 bits per heavy atom. The molecule has 22 heteroatoms. The number of anilines is 1. The SMILES string of the molecule is NCCOCCOCCOCCOCCOCCOCCOCCOCCOCCOCCOCCOCCC(=O)N1CCc2cc(Cn3nc(-c4cnc5[nH]ccc5c4)c4c(N)ncnc43)ccc2C1. The molecular weight excluding hydrogens is 923 g/mol. The van der Waals surface area contributed by atoms with Crippen LogP contribution in [0.5, 0.6) is 0 Å². The quantitative estimate of drug-likeness (QED) is 0.0475. The van der Waals surface area contributed by atoms with Crippen molar-refractivity contribution >= 4 is 33.8 Å². The van der Waals surface area contributed by atoms with Crippen molar-refractivity contribution in [3.05, 3.63) is 65.7 Å². The number of ether oxygens (including phenoxy) is 12. The Hall–Kier alpha value is -4.79. The van der Waals surface area contributed by atoms with Gasteiger partial charge in [0.05, 0.1) is 177 Å². The lowest BCUT2D eigenvalue weighted by atomic mass is 9.97. The van der Waals surface area contributed by atoms with Crippen molar-refractivity contribution in [2.24, 2.45) is 5.73 Å². The molecule has 1 aliphatic heterocycles. The van der Waals surface area contributed by atoms with Crippen molar-refractivity contribution in [2.45, 2.75) is 25.9 Å². The predicted octanol–water partition coefficient (Wildman–Crippen LogP) is 2.43. The van der Waals surface area contributed by atoms with Gasteiger partial charge in [0.15, 0.2) is 5.65 Å². The van der Waals surface area contributed by atoms with Gasteiger partial charge in [-0.1, -0.05) is 18.2 Å². The molecule has 0 atom stereocenters. The average molecular weight is 996 g/mol.